The number of ether oxygens (including phenoxy) is 1. The molecule has 0 bridgehead atoms. The molecule has 1 saturated carbocycles. The van der Waals surface area contributed by atoms with Crippen molar-refractivity contribution in [2.75, 3.05) is 13.7 Å². The number of likely N-dealkylation sites (N-methyl/N-ethyl adjacent to an activating group) is 1. The molecule has 1 aromatic carbocycles. The van der Waals surface area contributed by atoms with Gasteiger partial charge in [-0.15, -0.1) is 0 Å². The van der Waals surface area contributed by atoms with Gasteiger partial charge in [-0.1, -0.05) is 31.4 Å². The smallest absolute Gasteiger partial charge is 0.123 e. The molecule has 1 aromatic rings. The maximum absolute atomic E-state index is 13.4. The number of benzene rings is 1. The van der Waals surface area contributed by atoms with Crippen LogP contribution in [-0.4, -0.2) is 25.8 Å². The minimum absolute atomic E-state index is 0.159. The summed E-state index contributed by atoms with van der Waals surface area (Å²) in [4.78, 5) is 0. The molecule has 1 aliphatic rings. The van der Waals surface area contributed by atoms with Crippen molar-refractivity contribution in [3.05, 3.63) is 35.6 Å². The van der Waals surface area contributed by atoms with Gasteiger partial charge in [0.05, 0.1) is 6.10 Å². The molecule has 2 rings (SSSR count). The molecular formula is C18H28FNO. The Labute approximate surface area is 128 Å². The number of hydrogen-bond donors (Lipinski definition) is 1. The van der Waals surface area contributed by atoms with E-state index in [0.717, 1.165) is 18.6 Å². The zero-order chi connectivity index (χ0) is 15.1. The number of hydrogen-bond acceptors (Lipinski definition) is 2. The molecule has 1 N–H and O–H groups in total. The fraction of sp³-hybridized carbons (Fsp3) is 0.667. The van der Waals surface area contributed by atoms with E-state index < -0.39 is 0 Å². The van der Waals surface area contributed by atoms with E-state index in [-0.39, 0.29) is 18.0 Å². The van der Waals surface area contributed by atoms with Gasteiger partial charge in [0.1, 0.15) is 5.82 Å². The highest BCUT2D eigenvalue weighted by molar-refractivity contribution is 5.18. The fourth-order valence-electron chi connectivity index (χ4n) is 3.54. The highest BCUT2D eigenvalue weighted by Gasteiger charge is 2.30. The van der Waals surface area contributed by atoms with E-state index in [1.165, 1.54) is 38.2 Å². The topological polar surface area (TPSA) is 21.3 Å². The van der Waals surface area contributed by atoms with Crippen LogP contribution in [0.3, 0.4) is 0 Å². The van der Waals surface area contributed by atoms with E-state index in [2.05, 4.69) is 12.2 Å². The average molecular weight is 293 g/mol. The van der Waals surface area contributed by atoms with Gasteiger partial charge in [0.15, 0.2) is 0 Å². The summed E-state index contributed by atoms with van der Waals surface area (Å²) in [6.07, 6.45) is 7.52. The first-order valence-electron chi connectivity index (χ1n) is 8.28. The molecule has 0 spiro atoms. The third kappa shape index (κ3) is 4.79. The first-order valence-corrected chi connectivity index (χ1v) is 8.28. The van der Waals surface area contributed by atoms with Crippen LogP contribution in [0.1, 0.15) is 44.6 Å². The Kier molecular flexibility index (Phi) is 6.65. The van der Waals surface area contributed by atoms with Gasteiger partial charge in [0.2, 0.25) is 0 Å². The fourth-order valence-corrected chi connectivity index (χ4v) is 3.54. The summed E-state index contributed by atoms with van der Waals surface area (Å²) in [6, 6.07) is 7.16. The Morgan fingerprint density at radius 2 is 2.05 bits per heavy atom. The Morgan fingerprint density at radius 1 is 1.29 bits per heavy atom. The number of halogens is 1. The van der Waals surface area contributed by atoms with Crippen molar-refractivity contribution in [3.63, 3.8) is 0 Å². The first kappa shape index (κ1) is 16.4. The second-order valence-corrected chi connectivity index (χ2v) is 6.05. The summed E-state index contributed by atoms with van der Waals surface area (Å²) >= 11 is 0. The molecule has 21 heavy (non-hydrogen) atoms. The quantitative estimate of drug-likeness (QED) is 0.822. The Hall–Kier alpha value is -0.930. The summed E-state index contributed by atoms with van der Waals surface area (Å²) in [7, 11) is 1.98. The zero-order valence-corrected chi connectivity index (χ0v) is 13.3. The van der Waals surface area contributed by atoms with Crippen LogP contribution in [-0.2, 0) is 11.2 Å². The van der Waals surface area contributed by atoms with E-state index in [4.69, 9.17) is 4.74 Å². The summed E-state index contributed by atoms with van der Waals surface area (Å²) in [5.41, 5.74) is 1.04. The lowest BCUT2D eigenvalue weighted by atomic mass is 9.81. The molecule has 118 valence electrons. The molecule has 0 saturated heterocycles. The van der Waals surface area contributed by atoms with Crippen LogP contribution >= 0.6 is 0 Å². The lowest BCUT2D eigenvalue weighted by Crippen LogP contribution is -2.46. The lowest BCUT2D eigenvalue weighted by Gasteiger charge is -2.35. The van der Waals surface area contributed by atoms with Crippen molar-refractivity contribution in [1.29, 1.82) is 0 Å². The van der Waals surface area contributed by atoms with Crippen molar-refractivity contribution < 1.29 is 9.13 Å². The van der Waals surface area contributed by atoms with Crippen LogP contribution in [0.4, 0.5) is 4.39 Å². The summed E-state index contributed by atoms with van der Waals surface area (Å²) in [6.45, 7) is 2.80. The van der Waals surface area contributed by atoms with Gasteiger partial charge in [0.25, 0.3) is 0 Å². The first-order chi connectivity index (χ1) is 10.2. The standard InChI is InChI=1S/C18H28FNO/c1-3-21-18(15-9-5-4-6-10-15)17(20-2)13-14-8-7-11-16(19)12-14/h7-8,11-12,15,17-18,20H,3-6,9-10,13H2,1-2H3. The van der Waals surface area contributed by atoms with Gasteiger partial charge in [-0.25, -0.2) is 4.39 Å². The molecule has 1 fully saturated rings. The minimum atomic E-state index is -0.159. The summed E-state index contributed by atoms with van der Waals surface area (Å²) in [5.74, 6) is 0.470. The van der Waals surface area contributed by atoms with E-state index in [1.54, 1.807) is 12.1 Å². The molecule has 0 amide bonds. The maximum atomic E-state index is 13.4. The highest BCUT2D eigenvalue weighted by Crippen LogP contribution is 2.30. The molecule has 0 aliphatic heterocycles. The Morgan fingerprint density at radius 3 is 2.67 bits per heavy atom. The second kappa shape index (κ2) is 8.50. The van der Waals surface area contributed by atoms with Crippen LogP contribution in [0, 0.1) is 11.7 Å². The zero-order valence-electron chi connectivity index (χ0n) is 13.3. The second-order valence-electron chi connectivity index (χ2n) is 6.05. The molecule has 2 atom stereocenters. The highest BCUT2D eigenvalue weighted by atomic mass is 19.1. The minimum Gasteiger partial charge on any atom is -0.377 e. The van der Waals surface area contributed by atoms with Crippen molar-refractivity contribution >= 4 is 0 Å². The third-order valence-corrected chi connectivity index (χ3v) is 4.59. The van der Waals surface area contributed by atoms with E-state index in [9.17, 15) is 4.39 Å². The SMILES string of the molecule is CCOC(C1CCCCC1)C(Cc1cccc(F)c1)NC. The molecule has 3 heteroatoms. The van der Waals surface area contributed by atoms with E-state index in [0.29, 0.717) is 5.92 Å². The predicted octanol–water partition coefficient (Wildman–Crippen LogP) is 3.94. The molecular weight excluding hydrogens is 265 g/mol. The molecule has 2 nitrogen and oxygen atoms in total. The molecule has 2 unspecified atom stereocenters. The molecule has 1 aliphatic carbocycles. The van der Waals surface area contributed by atoms with Gasteiger partial charge in [0, 0.05) is 12.6 Å². The van der Waals surface area contributed by atoms with Crippen molar-refractivity contribution in [2.45, 2.75) is 57.6 Å². The van der Waals surface area contributed by atoms with Crippen LogP contribution in [0.2, 0.25) is 0 Å². The van der Waals surface area contributed by atoms with Crippen LogP contribution in [0.15, 0.2) is 24.3 Å². The van der Waals surface area contributed by atoms with Crippen molar-refractivity contribution in [1.82, 2.24) is 5.32 Å². The van der Waals surface area contributed by atoms with Gasteiger partial charge in [-0.3, -0.25) is 0 Å². The number of rotatable bonds is 7. The molecule has 0 aromatic heterocycles. The monoisotopic (exact) mass is 293 g/mol. The summed E-state index contributed by atoms with van der Waals surface area (Å²) in [5, 5.41) is 3.40. The van der Waals surface area contributed by atoms with Crippen molar-refractivity contribution in [3.8, 4) is 0 Å². The normalized spacial score (nSPS) is 19.4. The van der Waals surface area contributed by atoms with Crippen molar-refractivity contribution in [2.24, 2.45) is 5.92 Å². The van der Waals surface area contributed by atoms with E-state index >= 15 is 0 Å². The van der Waals surface area contributed by atoms with Gasteiger partial charge < -0.3 is 10.1 Å². The van der Waals surface area contributed by atoms with Crippen LogP contribution in [0.25, 0.3) is 0 Å². The third-order valence-electron chi connectivity index (χ3n) is 4.59. The molecule has 0 heterocycles. The predicted molar refractivity (Wildman–Crippen MR) is 84.9 cm³/mol. The van der Waals surface area contributed by atoms with Gasteiger partial charge in [-0.2, -0.15) is 0 Å². The Balaban J connectivity index is 2.07. The van der Waals surface area contributed by atoms with Crippen LogP contribution < -0.4 is 5.32 Å². The van der Waals surface area contributed by atoms with Gasteiger partial charge >= 0.3 is 0 Å². The van der Waals surface area contributed by atoms with E-state index in [1.807, 2.05) is 13.1 Å². The lowest BCUT2D eigenvalue weighted by molar-refractivity contribution is -0.0159. The maximum Gasteiger partial charge on any atom is 0.123 e. The van der Waals surface area contributed by atoms with Crippen LogP contribution in [0.5, 0.6) is 0 Å². The van der Waals surface area contributed by atoms with Gasteiger partial charge in [-0.05, 0) is 56.8 Å². The molecule has 0 radical (unpaired) electrons. The average Bonchev–Trinajstić information content (AvgIpc) is 2.51. The number of nitrogens with one attached hydrogen (secondary N) is 1. The largest absolute Gasteiger partial charge is 0.377 e. The summed E-state index contributed by atoms with van der Waals surface area (Å²) < 4.78 is 19.5. The Bertz CT molecular complexity index is 417.